The zero-order valence-electron chi connectivity index (χ0n) is 12.2. The van der Waals surface area contributed by atoms with E-state index in [-0.39, 0.29) is 6.10 Å². The van der Waals surface area contributed by atoms with E-state index in [9.17, 15) is 5.11 Å². The van der Waals surface area contributed by atoms with Gasteiger partial charge in [-0.05, 0) is 33.1 Å². The molecule has 2 saturated carbocycles. The second-order valence-electron chi connectivity index (χ2n) is 6.57. The van der Waals surface area contributed by atoms with E-state index < -0.39 is 5.60 Å². The summed E-state index contributed by atoms with van der Waals surface area (Å²) < 4.78 is 11.3. The molecule has 1 spiro atoms. The molecule has 3 fully saturated rings. The first kappa shape index (κ1) is 13.8. The van der Waals surface area contributed by atoms with E-state index in [1.54, 1.807) is 0 Å². The molecular formula is C15H27NO3. The highest BCUT2D eigenvalue weighted by Crippen LogP contribution is 2.57. The predicted molar refractivity (Wildman–Crippen MR) is 73.1 cm³/mol. The Hall–Kier alpha value is -0.160. The van der Waals surface area contributed by atoms with Crippen LogP contribution in [0.15, 0.2) is 0 Å². The fraction of sp³-hybridized carbons (Fsp3) is 1.00. The molecule has 4 unspecified atom stereocenters. The Balaban J connectivity index is 1.54. The third kappa shape index (κ3) is 2.13. The van der Waals surface area contributed by atoms with E-state index in [0.717, 1.165) is 19.4 Å². The summed E-state index contributed by atoms with van der Waals surface area (Å²) >= 11 is 0. The maximum Gasteiger partial charge on any atom is 0.105 e. The van der Waals surface area contributed by atoms with Crippen LogP contribution in [0.25, 0.3) is 0 Å². The average molecular weight is 269 g/mol. The van der Waals surface area contributed by atoms with Crippen LogP contribution in [0.4, 0.5) is 0 Å². The molecule has 110 valence electrons. The van der Waals surface area contributed by atoms with Crippen LogP contribution in [0.5, 0.6) is 0 Å². The van der Waals surface area contributed by atoms with Gasteiger partial charge in [0, 0.05) is 37.6 Å². The molecule has 3 rings (SSSR count). The number of hydrogen-bond acceptors (Lipinski definition) is 4. The van der Waals surface area contributed by atoms with Gasteiger partial charge in [-0.1, -0.05) is 6.42 Å². The minimum atomic E-state index is -0.679. The van der Waals surface area contributed by atoms with E-state index in [1.807, 2.05) is 6.92 Å². The fourth-order valence-corrected chi connectivity index (χ4v) is 4.03. The number of hydrogen-bond donors (Lipinski definition) is 2. The predicted octanol–water partition coefficient (Wildman–Crippen LogP) is 1.46. The molecular weight excluding hydrogens is 242 g/mol. The standard InChI is InChI=1S/C15H27NO3/c1-3-18-13-9-12(14(13)5-4-6-14)16-10-15(17)7-8-19-11(15)2/h11-13,16-17H,3-10H2,1-2H3. The highest BCUT2D eigenvalue weighted by atomic mass is 16.5. The first-order valence-corrected chi connectivity index (χ1v) is 7.80. The van der Waals surface area contributed by atoms with Crippen molar-refractivity contribution in [1.29, 1.82) is 0 Å². The van der Waals surface area contributed by atoms with Gasteiger partial charge in [0.2, 0.25) is 0 Å². The molecule has 1 aliphatic heterocycles. The molecule has 0 amide bonds. The molecule has 0 aromatic heterocycles. The smallest absolute Gasteiger partial charge is 0.105 e. The summed E-state index contributed by atoms with van der Waals surface area (Å²) in [6.07, 6.45) is 6.11. The van der Waals surface area contributed by atoms with Crippen molar-refractivity contribution in [3.05, 3.63) is 0 Å². The number of nitrogens with one attached hydrogen (secondary N) is 1. The van der Waals surface area contributed by atoms with E-state index in [4.69, 9.17) is 9.47 Å². The van der Waals surface area contributed by atoms with Crippen molar-refractivity contribution in [3.63, 3.8) is 0 Å². The van der Waals surface area contributed by atoms with Crippen LogP contribution >= 0.6 is 0 Å². The lowest BCUT2D eigenvalue weighted by molar-refractivity contribution is -0.176. The summed E-state index contributed by atoms with van der Waals surface area (Å²) in [4.78, 5) is 0. The fourth-order valence-electron chi connectivity index (χ4n) is 4.03. The van der Waals surface area contributed by atoms with Crippen molar-refractivity contribution in [2.75, 3.05) is 19.8 Å². The van der Waals surface area contributed by atoms with Crippen molar-refractivity contribution in [2.45, 2.75) is 69.8 Å². The molecule has 4 heteroatoms. The summed E-state index contributed by atoms with van der Waals surface area (Å²) in [6, 6.07) is 0.523. The van der Waals surface area contributed by atoms with Crippen LogP contribution in [0, 0.1) is 5.41 Å². The molecule has 0 radical (unpaired) electrons. The average Bonchev–Trinajstić information content (AvgIpc) is 2.61. The summed E-state index contributed by atoms with van der Waals surface area (Å²) in [5, 5.41) is 14.1. The third-order valence-corrected chi connectivity index (χ3v) is 5.75. The lowest BCUT2D eigenvalue weighted by atomic mass is 9.51. The highest BCUT2D eigenvalue weighted by molar-refractivity contribution is 5.12. The summed E-state index contributed by atoms with van der Waals surface area (Å²) in [5.41, 5.74) is -0.309. The van der Waals surface area contributed by atoms with Crippen LogP contribution in [0.1, 0.15) is 46.0 Å². The van der Waals surface area contributed by atoms with Crippen LogP contribution in [-0.2, 0) is 9.47 Å². The summed E-state index contributed by atoms with van der Waals surface area (Å²) in [7, 11) is 0. The zero-order chi connectivity index (χ0) is 13.5. The Morgan fingerprint density at radius 1 is 1.37 bits per heavy atom. The van der Waals surface area contributed by atoms with Crippen molar-refractivity contribution in [3.8, 4) is 0 Å². The van der Waals surface area contributed by atoms with Gasteiger partial charge in [0.05, 0.1) is 12.2 Å². The van der Waals surface area contributed by atoms with Crippen LogP contribution in [0.2, 0.25) is 0 Å². The van der Waals surface area contributed by atoms with Gasteiger partial charge in [-0.3, -0.25) is 0 Å². The Morgan fingerprint density at radius 3 is 2.68 bits per heavy atom. The van der Waals surface area contributed by atoms with Crippen molar-refractivity contribution < 1.29 is 14.6 Å². The largest absolute Gasteiger partial charge is 0.386 e. The lowest BCUT2D eigenvalue weighted by Crippen LogP contribution is -2.68. The maximum absolute atomic E-state index is 10.5. The Morgan fingerprint density at radius 2 is 2.16 bits per heavy atom. The second kappa shape index (κ2) is 4.99. The molecule has 3 aliphatic rings. The monoisotopic (exact) mass is 269 g/mol. The van der Waals surface area contributed by atoms with Gasteiger partial charge in [-0.15, -0.1) is 0 Å². The van der Waals surface area contributed by atoms with E-state index in [2.05, 4.69) is 12.2 Å². The van der Waals surface area contributed by atoms with Gasteiger partial charge in [-0.25, -0.2) is 0 Å². The Kier molecular flexibility index (Phi) is 3.63. The highest BCUT2D eigenvalue weighted by Gasteiger charge is 2.59. The van der Waals surface area contributed by atoms with Gasteiger partial charge in [-0.2, -0.15) is 0 Å². The molecule has 2 N–H and O–H groups in total. The molecule has 4 atom stereocenters. The van der Waals surface area contributed by atoms with Crippen molar-refractivity contribution in [2.24, 2.45) is 5.41 Å². The maximum atomic E-state index is 10.5. The molecule has 0 aromatic rings. The van der Waals surface area contributed by atoms with Crippen LogP contribution in [-0.4, -0.2) is 48.7 Å². The molecule has 1 heterocycles. The molecule has 0 bridgehead atoms. The number of ether oxygens (including phenoxy) is 2. The zero-order valence-corrected chi connectivity index (χ0v) is 12.2. The van der Waals surface area contributed by atoms with E-state index >= 15 is 0 Å². The topological polar surface area (TPSA) is 50.7 Å². The van der Waals surface area contributed by atoms with Gasteiger partial charge in [0.25, 0.3) is 0 Å². The van der Waals surface area contributed by atoms with Crippen LogP contribution < -0.4 is 5.32 Å². The molecule has 19 heavy (non-hydrogen) atoms. The molecule has 1 saturated heterocycles. The van der Waals surface area contributed by atoms with Gasteiger partial charge >= 0.3 is 0 Å². The summed E-state index contributed by atoms with van der Waals surface area (Å²) in [5.74, 6) is 0. The Labute approximate surface area is 115 Å². The van der Waals surface area contributed by atoms with Crippen molar-refractivity contribution >= 4 is 0 Å². The minimum absolute atomic E-state index is 0.0555. The van der Waals surface area contributed by atoms with E-state index in [1.165, 1.54) is 19.3 Å². The van der Waals surface area contributed by atoms with Crippen molar-refractivity contribution in [1.82, 2.24) is 5.32 Å². The quantitative estimate of drug-likeness (QED) is 0.793. The molecule has 4 nitrogen and oxygen atoms in total. The molecule has 0 aromatic carbocycles. The van der Waals surface area contributed by atoms with E-state index in [0.29, 0.717) is 30.7 Å². The van der Waals surface area contributed by atoms with Gasteiger partial charge < -0.3 is 19.9 Å². The lowest BCUT2D eigenvalue weighted by Gasteiger charge is -2.61. The first-order valence-electron chi connectivity index (χ1n) is 7.80. The Bertz CT molecular complexity index is 331. The number of rotatable bonds is 5. The molecule has 2 aliphatic carbocycles. The van der Waals surface area contributed by atoms with Gasteiger partial charge in [0.15, 0.2) is 0 Å². The SMILES string of the molecule is CCOC1CC(NCC2(O)CCOC2C)C12CCC2. The second-order valence-corrected chi connectivity index (χ2v) is 6.57. The third-order valence-electron chi connectivity index (χ3n) is 5.75. The first-order chi connectivity index (χ1) is 9.11. The number of aliphatic hydroxyl groups is 1. The normalized spacial score (nSPS) is 44.1. The van der Waals surface area contributed by atoms with Crippen LogP contribution in [0.3, 0.4) is 0 Å². The van der Waals surface area contributed by atoms with Gasteiger partial charge in [0.1, 0.15) is 5.60 Å². The minimum Gasteiger partial charge on any atom is -0.386 e. The summed E-state index contributed by atoms with van der Waals surface area (Å²) in [6.45, 7) is 6.19.